The summed E-state index contributed by atoms with van der Waals surface area (Å²) >= 11 is 0. The second-order valence-corrected chi connectivity index (χ2v) is 10.6. The molecule has 3 aromatic rings. The van der Waals surface area contributed by atoms with Crippen molar-refractivity contribution in [1.29, 1.82) is 0 Å². The molecule has 0 radical (unpaired) electrons. The van der Waals surface area contributed by atoms with Gasteiger partial charge in [-0.3, -0.25) is 4.79 Å². The molecule has 1 fully saturated rings. The first-order chi connectivity index (χ1) is 15.4. The third-order valence-corrected chi connectivity index (χ3v) is 8.43. The van der Waals surface area contributed by atoms with Gasteiger partial charge in [-0.15, -0.1) is 0 Å². The van der Waals surface area contributed by atoms with Crippen LogP contribution in [0.15, 0.2) is 89.8 Å². The summed E-state index contributed by atoms with van der Waals surface area (Å²) < 4.78 is 28.3. The van der Waals surface area contributed by atoms with Crippen molar-refractivity contribution in [2.75, 3.05) is 13.1 Å². The summed E-state index contributed by atoms with van der Waals surface area (Å²) in [5.74, 6) is 0.0433. The molecule has 1 aliphatic heterocycles. The summed E-state index contributed by atoms with van der Waals surface area (Å²) in [7, 11) is -3.62. The summed E-state index contributed by atoms with van der Waals surface area (Å²) in [6, 6.07) is 26.6. The van der Waals surface area contributed by atoms with Gasteiger partial charge in [0.1, 0.15) is 0 Å². The van der Waals surface area contributed by atoms with Gasteiger partial charge in [-0.05, 0) is 41.7 Å². The highest BCUT2D eigenvalue weighted by atomic mass is 32.2. The molecule has 3 aromatic carbocycles. The number of nitrogens with zero attached hydrogens (tertiary/aromatic N) is 1. The molecular weight excluding hydrogens is 418 g/mol. The van der Waals surface area contributed by atoms with Crippen molar-refractivity contribution < 1.29 is 13.2 Å². The zero-order valence-electron chi connectivity index (χ0n) is 17.9. The highest BCUT2D eigenvalue weighted by Crippen LogP contribution is 2.47. The van der Waals surface area contributed by atoms with Crippen LogP contribution < -0.4 is 0 Å². The fourth-order valence-electron chi connectivity index (χ4n) is 4.99. The summed E-state index contributed by atoms with van der Waals surface area (Å²) in [5, 5.41) is 0. The second-order valence-electron chi connectivity index (χ2n) is 8.65. The zero-order valence-corrected chi connectivity index (χ0v) is 18.8. The lowest BCUT2D eigenvalue weighted by molar-refractivity contribution is -0.114. The number of fused-ring (bicyclic) bond motifs is 1. The molecule has 4 nitrogen and oxygen atoms in total. The number of sulfonamides is 1. The minimum absolute atomic E-state index is 0.0227. The third-order valence-electron chi connectivity index (χ3n) is 6.58. The molecular formula is C27H25NO3S. The van der Waals surface area contributed by atoms with Crippen molar-refractivity contribution in [2.45, 2.75) is 18.2 Å². The van der Waals surface area contributed by atoms with E-state index in [1.807, 2.05) is 79.7 Å². The van der Waals surface area contributed by atoms with Gasteiger partial charge in [-0.2, -0.15) is 4.31 Å². The Morgan fingerprint density at radius 2 is 1.38 bits per heavy atom. The maximum atomic E-state index is 13.4. The lowest BCUT2D eigenvalue weighted by atomic mass is 9.72. The van der Waals surface area contributed by atoms with Gasteiger partial charge in [-0.1, -0.05) is 78.4 Å². The molecule has 0 unspecified atom stereocenters. The molecule has 1 aliphatic carbocycles. The van der Waals surface area contributed by atoms with Gasteiger partial charge in [0.2, 0.25) is 10.0 Å². The first kappa shape index (κ1) is 20.9. The average molecular weight is 444 g/mol. The van der Waals surface area contributed by atoms with Crippen LogP contribution in [0, 0.1) is 18.8 Å². The van der Waals surface area contributed by atoms with E-state index in [4.69, 9.17) is 0 Å². The number of carbonyl (C=O) groups is 1. The Morgan fingerprint density at radius 1 is 0.781 bits per heavy atom. The lowest BCUT2D eigenvalue weighted by Crippen LogP contribution is -2.29. The van der Waals surface area contributed by atoms with Crippen LogP contribution in [0.1, 0.15) is 23.1 Å². The Bertz CT molecular complexity index is 1280. The minimum atomic E-state index is -3.62. The molecule has 0 bridgehead atoms. The van der Waals surface area contributed by atoms with Gasteiger partial charge in [0.25, 0.3) is 0 Å². The van der Waals surface area contributed by atoms with E-state index < -0.39 is 10.0 Å². The van der Waals surface area contributed by atoms with Crippen LogP contribution in [0.4, 0.5) is 0 Å². The van der Waals surface area contributed by atoms with E-state index in [0.29, 0.717) is 24.4 Å². The molecule has 32 heavy (non-hydrogen) atoms. The summed E-state index contributed by atoms with van der Waals surface area (Å²) in [5.41, 5.74) is 4.61. The fraction of sp³-hybridized carbons (Fsp3) is 0.222. The quantitative estimate of drug-likeness (QED) is 0.581. The SMILES string of the molecule is Cc1ccc(S(=O)(=O)N2C[C@H]3CC(=O)C(c4ccccc4)=C(c4ccccc4)[C@@H]3C2)cc1. The molecule has 0 N–H and O–H groups in total. The zero-order chi connectivity index (χ0) is 22.3. The molecule has 0 amide bonds. The minimum Gasteiger partial charge on any atom is -0.294 e. The summed E-state index contributed by atoms with van der Waals surface area (Å²) in [6.45, 7) is 2.69. The maximum Gasteiger partial charge on any atom is 0.243 e. The van der Waals surface area contributed by atoms with Crippen molar-refractivity contribution in [3.63, 3.8) is 0 Å². The number of carbonyl (C=O) groups excluding carboxylic acids is 1. The van der Waals surface area contributed by atoms with Crippen LogP contribution in [0.25, 0.3) is 11.1 Å². The van der Waals surface area contributed by atoms with Gasteiger partial charge in [-0.25, -0.2) is 8.42 Å². The number of rotatable bonds is 4. The molecule has 2 aliphatic rings. The average Bonchev–Trinajstić information content (AvgIpc) is 3.24. The van der Waals surface area contributed by atoms with E-state index in [-0.39, 0.29) is 17.6 Å². The Hall–Kier alpha value is -3.02. The maximum absolute atomic E-state index is 13.4. The van der Waals surface area contributed by atoms with Crippen molar-refractivity contribution >= 4 is 27.0 Å². The monoisotopic (exact) mass is 443 g/mol. The van der Waals surface area contributed by atoms with Gasteiger partial charge in [0, 0.05) is 31.0 Å². The van der Waals surface area contributed by atoms with Crippen LogP contribution >= 0.6 is 0 Å². The fourth-order valence-corrected chi connectivity index (χ4v) is 6.52. The van der Waals surface area contributed by atoms with Crippen molar-refractivity contribution in [1.82, 2.24) is 4.31 Å². The normalized spacial score (nSPS) is 21.6. The number of hydrogen-bond donors (Lipinski definition) is 0. The van der Waals surface area contributed by atoms with E-state index in [9.17, 15) is 13.2 Å². The molecule has 2 atom stereocenters. The highest BCUT2D eigenvalue weighted by molar-refractivity contribution is 7.89. The Morgan fingerprint density at radius 3 is 2.00 bits per heavy atom. The van der Waals surface area contributed by atoms with E-state index in [2.05, 4.69) is 0 Å². The van der Waals surface area contributed by atoms with Crippen molar-refractivity contribution in [2.24, 2.45) is 11.8 Å². The molecule has 1 heterocycles. The molecule has 0 spiro atoms. The van der Waals surface area contributed by atoms with Crippen LogP contribution in [-0.2, 0) is 14.8 Å². The van der Waals surface area contributed by atoms with Crippen molar-refractivity contribution in [3.8, 4) is 0 Å². The first-order valence-electron chi connectivity index (χ1n) is 10.9. The summed E-state index contributed by atoms with van der Waals surface area (Å²) in [6.07, 6.45) is 0.366. The van der Waals surface area contributed by atoms with E-state index in [1.54, 1.807) is 16.4 Å². The smallest absolute Gasteiger partial charge is 0.243 e. The lowest BCUT2D eigenvalue weighted by Gasteiger charge is -2.30. The number of Topliss-reactive ketones (excluding diaryl/α,β-unsaturated/α-hetero) is 1. The summed E-state index contributed by atoms with van der Waals surface area (Å²) in [4.78, 5) is 13.7. The first-order valence-corrected chi connectivity index (χ1v) is 12.3. The van der Waals surface area contributed by atoms with Crippen LogP contribution in [0.2, 0.25) is 0 Å². The molecule has 162 valence electrons. The Labute approximate surface area is 189 Å². The predicted octanol–water partition coefficient (Wildman–Crippen LogP) is 4.82. The van der Waals surface area contributed by atoms with Gasteiger partial charge in [0.15, 0.2) is 5.78 Å². The van der Waals surface area contributed by atoms with Crippen LogP contribution in [-0.4, -0.2) is 31.6 Å². The molecule has 0 saturated carbocycles. The van der Waals surface area contributed by atoms with Gasteiger partial charge < -0.3 is 0 Å². The largest absolute Gasteiger partial charge is 0.294 e. The molecule has 0 aromatic heterocycles. The second kappa shape index (κ2) is 8.15. The van der Waals surface area contributed by atoms with Crippen LogP contribution in [0.3, 0.4) is 0 Å². The van der Waals surface area contributed by atoms with Crippen LogP contribution in [0.5, 0.6) is 0 Å². The Balaban J connectivity index is 1.60. The Kier molecular flexibility index (Phi) is 5.31. The number of ketones is 1. The van der Waals surface area contributed by atoms with Gasteiger partial charge in [0.05, 0.1) is 4.90 Å². The molecule has 5 rings (SSSR count). The number of allylic oxidation sites excluding steroid dienone is 1. The third kappa shape index (κ3) is 3.61. The van der Waals surface area contributed by atoms with Gasteiger partial charge >= 0.3 is 0 Å². The topological polar surface area (TPSA) is 54.5 Å². The van der Waals surface area contributed by atoms with E-state index in [1.165, 1.54) is 0 Å². The van der Waals surface area contributed by atoms with Crippen molar-refractivity contribution in [3.05, 3.63) is 102 Å². The number of benzene rings is 3. The van der Waals surface area contributed by atoms with E-state index >= 15 is 0 Å². The predicted molar refractivity (Wildman–Crippen MR) is 126 cm³/mol. The molecule has 5 heteroatoms. The van der Waals surface area contributed by atoms with E-state index in [0.717, 1.165) is 27.8 Å². The standard InChI is InChI=1S/C27H25NO3S/c1-19-12-14-23(15-13-19)32(30,31)28-17-22-16-25(29)27(21-10-6-3-7-11-21)26(24(22)18-28)20-8-4-2-5-9-20/h2-15,22,24H,16-18H2,1H3/t22-,24-/m1/s1. The molecule has 1 saturated heterocycles. The highest BCUT2D eigenvalue weighted by Gasteiger charge is 2.46. The number of hydrogen-bond acceptors (Lipinski definition) is 3. The number of aryl methyl sites for hydroxylation is 1.